The Morgan fingerprint density at radius 1 is 1.29 bits per heavy atom. The number of aromatic nitrogens is 1. The van der Waals surface area contributed by atoms with Crippen LogP contribution < -0.4 is 17.0 Å². The summed E-state index contributed by atoms with van der Waals surface area (Å²) in [7, 11) is 0. The lowest BCUT2D eigenvalue weighted by atomic mass is 10.3. The van der Waals surface area contributed by atoms with Crippen molar-refractivity contribution in [3.05, 3.63) is 29.8 Å². The summed E-state index contributed by atoms with van der Waals surface area (Å²) in [4.78, 5) is 0. The van der Waals surface area contributed by atoms with Crippen molar-refractivity contribution in [1.82, 2.24) is 0 Å². The van der Waals surface area contributed by atoms with Crippen LogP contribution in [0.25, 0.3) is 10.2 Å². The molecule has 14 heavy (non-hydrogen) atoms. The molecule has 1 N–H and O–H groups in total. The van der Waals surface area contributed by atoms with Crippen molar-refractivity contribution in [3.8, 4) is 0 Å². The zero-order chi connectivity index (χ0) is 9.10. The minimum atomic E-state index is 0. The number of nitrogens with zero attached hydrogens (tertiary/aromatic N) is 1. The number of halogens is 1. The molecule has 2 aromatic rings. The number of rotatable bonds is 3. The first-order valence-electron chi connectivity index (χ1n) is 4.38. The second-order valence-electron chi connectivity index (χ2n) is 2.96. The van der Waals surface area contributed by atoms with E-state index < -0.39 is 0 Å². The van der Waals surface area contributed by atoms with Crippen molar-refractivity contribution in [3.63, 3.8) is 0 Å². The number of aliphatic hydroxyl groups excluding tert-OH is 1. The molecule has 0 radical (unpaired) electrons. The van der Waals surface area contributed by atoms with E-state index >= 15 is 0 Å². The second kappa shape index (κ2) is 5.29. The first-order valence-corrected chi connectivity index (χ1v) is 5.26. The fourth-order valence-corrected chi connectivity index (χ4v) is 2.31. The molecule has 1 aromatic carbocycles. The van der Waals surface area contributed by atoms with Gasteiger partial charge in [0.2, 0.25) is 11.0 Å². The molecule has 4 heteroatoms. The van der Waals surface area contributed by atoms with E-state index in [9.17, 15) is 0 Å². The van der Waals surface area contributed by atoms with Gasteiger partial charge in [-0.1, -0.05) is 23.5 Å². The molecule has 0 aliphatic rings. The van der Waals surface area contributed by atoms with Crippen LogP contribution in [0.5, 0.6) is 0 Å². The van der Waals surface area contributed by atoms with Gasteiger partial charge in [-0.05, 0) is 6.07 Å². The Bertz CT molecular complexity index is 402. The third-order valence-electron chi connectivity index (χ3n) is 2.04. The first kappa shape index (κ1) is 11.4. The molecule has 0 saturated heterocycles. The summed E-state index contributed by atoms with van der Waals surface area (Å²) in [6.45, 7) is 1.16. The van der Waals surface area contributed by atoms with Crippen LogP contribution in [-0.2, 0) is 6.54 Å². The fourth-order valence-electron chi connectivity index (χ4n) is 1.39. The highest BCUT2D eigenvalue weighted by Crippen LogP contribution is 2.14. The van der Waals surface area contributed by atoms with Crippen molar-refractivity contribution < 1.29 is 22.1 Å². The van der Waals surface area contributed by atoms with Crippen LogP contribution in [0.4, 0.5) is 0 Å². The predicted octanol–water partition coefficient (Wildman–Crippen LogP) is -1.42. The van der Waals surface area contributed by atoms with Crippen LogP contribution >= 0.6 is 11.3 Å². The molecule has 0 atom stereocenters. The van der Waals surface area contributed by atoms with Gasteiger partial charge >= 0.3 is 0 Å². The number of thiazole rings is 1. The van der Waals surface area contributed by atoms with Gasteiger partial charge in [0.1, 0.15) is 4.70 Å². The number of para-hydroxylation sites is 1. The normalized spacial score (nSPS) is 10.1. The summed E-state index contributed by atoms with van der Waals surface area (Å²) in [5.41, 5.74) is 3.38. The molecule has 76 valence electrons. The van der Waals surface area contributed by atoms with Gasteiger partial charge in [-0.2, -0.15) is 4.57 Å². The summed E-state index contributed by atoms with van der Waals surface area (Å²) < 4.78 is 3.50. The van der Waals surface area contributed by atoms with Crippen molar-refractivity contribution in [2.24, 2.45) is 0 Å². The Morgan fingerprint density at radius 3 is 2.86 bits per heavy atom. The molecule has 0 amide bonds. The lowest BCUT2D eigenvalue weighted by molar-refractivity contribution is -0.667. The maximum atomic E-state index is 8.73. The van der Waals surface area contributed by atoms with Gasteiger partial charge < -0.3 is 17.5 Å². The maximum Gasteiger partial charge on any atom is 0.225 e. The summed E-state index contributed by atoms with van der Waals surface area (Å²) in [5, 5.41) is 8.73. The number of hydrogen-bond donors (Lipinski definition) is 1. The number of aryl methyl sites for hydroxylation is 1. The SMILES string of the molecule is OCCC[n+]1csc2ccccc21.[Cl-]. The average molecular weight is 230 g/mol. The number of aliphatic hydroxyl groups is 1. The van der Waals surface area contributed by atoms with E-state index in [-0.39, 0.29) is 19.0 Å². The van der Waals surface area contributed by atoms with Gasteiger partial charge in [0.15, 0.2) is 6.54 Å². The van der Waals surface area contributed by atoms with Crippen LogP contribution in [0.1, 0.15) is 6.42 Å². The third kappa shape index (κ3) is 2.23. The second-order valence-corrected chi connectivity index (χ2v) is 3.85. The van der Waals surface area contributed by atoms with E-state index in [1.54, 1.807) is 11.3 Å². The summed E-state index contributed by atoms with van der Waals surface area (Å²) in [6, 6.07) is 8.33. The molecule has 0 fully saturated rings. The molecule has 0 bridgehead atoms. The van der Waals surface area contributed by atoms with Crippen molar-refractivity contribution in [1.29, 1.82) is 0 Å². The zero-order valence-corrected chi connectivity index (χ0v) is 9.26. The van der Waals surface area contributed by atoms with Gasteiger partial charge in [0.25, 0.3) is 0 Å². The lowest BCUT2D eigenvalue weighted by Crippen LogP contribution is -3.00. The Balaban J connectivity index is 0.000000980. The van der Waals surface area contributed by atoms with E-state index in [0.29, 0.717) is 0 Å². The predicted molar refractivity (Wildman–Crippen MR) is 53.7 cm³/mol. The van der Waals surface area contributed by atoms with Crippen molar-refractivity contribution >= 4 is 21.6 Å². The largest absolute Gasteiger partial charge is 1.00 e. The van der Waals surface area contributed by atoms with Crippen LogP contribution in [0, 0.1) is 0 Å². The highest BCUT2D eigenvalue weighted by Gasteiger charge is 2.09. The first-order chi connectivity index (χ1) is 6.42. The summed E-state index contributed by atoms with van der Waals surface area (Å²) >= 11 is 1.75. The van der Waals surface area contributed by atoms with Crippen LogP contribution in [0.15, 0.2) is 29.8 Å². The maximum absolute atomic E-state index is 8.73. The lowest BCUT2D eigenvalue weighted by Gasteiger charge is -1.91. The van der Waals surface area contributed by atoms with E-state index in [4.69, 9.17) is 5.11 Å². The fraction of sp³-hybridized carbons (Fsp3) is 0.300. The van der Waals surface area contributed by atoms with E-state index in [0.717, 1.165) is 13.0 Å². The minimum Gasteiger partial charge on any atom is -1.00 e. The van der Waals surface area contributed by atoms with E-state index in [1.165, 1.54) is 10.2 Å². The molecule has 1 heterocycles. The molecule has 2 rings (SSSR count). The molecule has 0 saturated carbocycles. The van der Waals surface area contributed by atoms with E-state index in [1.807, 2.05) is 6.07 Å². The van der Waals surface area contributed by atoms with Gasteiger partial charge in [0.05, 0.1) is 0 Å². The minimum absolute atomic E-state index is 0. The van der Waals surface area contributed by atoms with Crippen molar-refractivity contribution in [2.75, 3.05) is 6.61 Å². The molecule has 1 aromatic heterocycles. The molecular weight excluding hydrogens is 218 g/mol. The highest BCUT2D eigenvalue weighted by molar-refractivity contribution is 7.16. The smallest absolute Gasteiger partial charge is 0.225 e. The van der Waals surface area contributed by atoms with Gasteiger partial charge in [0, 0.05) is 19.1 Å². The molecule has 2 nitrogen and oxygen atoms in total. The molecular formula is C10H12ClNOS. The molecule has 0 aliphatic carbocycles. The van der Waals surface area contributed by atoms with Crippen LogP contribution in [-0.4, -0.2) is 11.7 Å². The number of fused-ring (bicyclic) bond motifs is 1. The molecule has 0 unspecified atom stereocenters. The Morgan fingerprint density at radius 2 is 2.07 bits per heavy atom. The average Bonchev–Trinajstić information content (AvgIpc) is 2.58. The Kier molecular flexibility index (Phi) is 4.32. The van der Waals surface area contributed by atoms with Crippen LogP contribution in [0.3, 0.4) is 0 Å². The molecule has 0 spiro atoms. The van der Waals surface area contributed by atoms with E-state index in [2.05, 4.69) is 28.3 Å². The Hall–Kier alpha value is -0.640. The highest BCUT2D eigenvalue weighted by atomic mass is 35.5. The van der Waals surface area contributed by atoms with Crippen molar-refractivity contribution in [2.45, 2.75) is 13.0 Å². The Labute approximate surface area is 93.2 Å². The molecule has 0 aliphatic heterocycles. The third-order valence-corrected chi connectivity index (χ3v) is 3.00. The monoisotopic (exact) mass is 229 g/mol. The quantitative estimate of drug-likeness (QED) is 0.642. The topological polar surface area (TPSA) is 24.1 Å². The van der Waals surface area contributed by atoms with Gasteiger partial charge in [-0.3, -0.25) is 0 Å². The number of hydrogen-bond acceptors (Lipinski definition) is 2. The summed E-state index contributed by atoms with van der Waals surface area (Å²) in [6.07, 6.45) is 0.825. The number of benzene rings is 1. The van der Waals surface area contributed by atoms with Gasteiger partial charge in [-0.25, -0.2) is 0 Å². The van der Waals surface area contributed by atoms with Gasteiger partial charge in [-0.15, -0.1) is 0 Å². The zero-order valence-electron chi connectivity index (χ0n) is 7.69. The van der Waals surface area contributed by atoms with Crippen LogP contribution in [0.2, 0.25) is 0 Å². The standard InChI is InChI=1S/C10H12NOS.ClH/c12-7-3-6-11-8-13-10-5-2-1-4-9(10)11;/h1-2,4-5,8,12H,3,6-7H2;1H/q+1;/p-1. The summed E-state index contributed by atoms with van der Waals surface area (Å²) in [5.74, 6) is 0.